The van der Waals surface area contributed by atoms with Crippen LogP contribution in [0.3, 0.4) is 0 Å². The van der Waals surface area contributed by atoms with Crippen molar-refractivity contribution in [3.63, 3.8) is 0 Å². The Bertz CT molecular complexity index is 308. The molecule has 0 N–H and O–H groups in total. The van der Waals surface area contributed by atoms with E-state index in [0.717, 1.165) is 23.4 Å². The maximum Gasteiger partial charge on any atom is 0.0721 e. The monoisotopic (exact) mass is 230 g/mol. The Morgan fingerprint density at radius 3 is 2.79 bits per heavy atom. The molecule has 0 bridgehead atoms. The minimum Gasteiger partial charge on any atom is -0.373 e. The average Bonchev–Trinajstić information content (AvgIpc) is 2.11. The molecular formula is C11H12Cl2O. The molecule has 1 nitrogen and oxygen atoms in total. The van der Waals surface area contributed by atoms with E-state index in [4.69, 9.17) is 27.9 Å². The van der Waals surface area contributed by atoms with Crippen LogP contribution in [-0.4, -0.2) is 11.5 Å². The van der Waals surface area contributed by atoms with Crippen molar-refractivity contribution in [1.82, 2.24) is 0 Å². The smallest absolute Gasteiger partial charge is 0.0721 e. The summed E-state index contributed by atoms with van der Waals surface area (Å²) in [6, 6.07) is 7.75. The zero-order chi connectivity index (χ0) is 9.97. The van der Waals surface area contributed by atoms with Gasteiger partial charge in [0.1, 0.15) is 0 Å². The van der Waals surface area contributed by atoms with Crippen molar-refractivity contribution in [2.75, 3.05) is 0 Å². The first kappa shape index (κ1) is 10.3. The molecule has 0 unspecified atom stereocenters. The van der Waals surface area contributed by atoms with Gasteiger partial charge in [0, 0.05) is 10.4 Å². The van der Waals surface area contributed by atoms with Crippen LogP contribution in [0.25, 0.3) is 0 Å². The molecule has 0 atom stereocenters. The number of rotatable bonds is 3. The highest BCUT2D eigenvalue weighted by atomic mass is 35.5. The first-order chi connectivity index (χ1) is 6.74. The number of alkyl halides is 1. The molecule has 1 saturated carbocycles. The van der Waals surface area contributed by atoms with E-state index < -0.39 is 0 Å². The Morgan fingerprint density at radius 1 is 1.36 bits per heavy atom. The lowest BCUT2D eigenvalue weighted by molar-refractivity contribution is -0.00622. The highest BCUT2D eigenvalue weighted by Crippen LogP contribution is 2.28. The highest BCUT2D eigenvalue weighted by Gasteiger charge is 2.27. The minimum atomic E-state index is 0.319. The standard InChI is InChI=1S/C11H12Cl2O/c12-9-3-1-2-8(4-9)7-14-11-5-10(13)6-11/h1-4,10-11H,5-7H2. The van der Waals surface area contributed by atoms with Crippen molar-refractivity contribution in [1.29, 1.82) is 0 Å². The number of hydrogen-bond acceptors (Lipinski definition) is 1. The lowest BCUT2D eigenvalue weighted by Gasteiger charge is -2.30. The lowest BCUT2D eigenvalue weighted by atomic mass is 9.95. The molecule has 1 aliphatic carbocycles. The second-order valence-corrected chi connectivity index (χ2v) is 4.69. The van der Waals surface area contributed by atoms with Gasteiger partial charge in [-0.3, -0.25) is 0 Å². The van der Waals surface area contributed by atoms with Crippen molar-refractivity contribution >= 4 is 23.2 Å². The summed E-state index contributed by atoms with van der Waals surface area (Å²) < 4.78 is 5.65. The van der Waals surface area contributed by atoms with Crippen molar-refractivity contribution in [2.45, 2.75) is 30.9 Å². The van der Waals surface area contributed by atoms with Gasteiger partial charge < -0.3 is 4.74 Å². The average molecular weight is 231 g/mol. The van der Waals surface area contributed by atoms with E-state index in [2.05, 4.69) is 0 Å². The molecule has 1 aromatic carbocycles. The van der Waals surface area contributed by atoms with E-state index in [1.807, 2.05) is 24.3 Å². The van der Waals surface area contributed by atoms with Crippen LogP contribution in [0, 0.1) is 0 Å². The largest absolute Gasteiger partial charge is 0.373 e. The van der Waals surface area contributed by atoms with Gasteiger partial charge in [-0.1, -0.05) is 23.7 Å². The molecule has 2 rings (SSSR count). The van der Waals surface area contributed by atoms with Crippen LogP contribution < -0.4 is 0 Å². The number of halogens is 2. The van der Waals surface area contributed by atoms with Gasteiger partial charge in [0.2, 0.25) is 0 Å². The summed E-state index contributed by atoms with van der Waals surface area (Å²) in [5.74, 6) is 0. The molecule has 0 heterocycles. The fourth-order valence-electron chi connectivity index (χ4n) is 1.48. The summed E-state index contributed by atoms with van der Waals surface area (Å²) >= 11 is 11.7. The van der Waals surface area contributed by atoms with Crippen LogP contribution in [0.1, 0.15) is 18.4 Å². The first-order valence-corrected chi connectivity index (χ1v) is 5.55. The predicted molar refractivity (Wildman–Crippen MR) is 58.9 cm³/mol. The van der Waals surface area contributed by atoms with E-state index in [9.17, 15) is 0 Å². The van der Waals surface area contributed by atoms with Crippen LogP contribution in [-0.2, 0) is 11.3 Å². The highest BCUT2D eigenvalue weighted by molar-refractivity contribution is 6.30. The molecule has 0 saturated heterocycles. The molecule has 0 spiro atoms. The Morgan fingerprint density at radius 2 is 2.14 bits per heavy atom. The summed E-state index contributed by atoms with van der Waals surface area (Å²) in [7, 11) is 0. The van der Waals surface area contributed by atoms with Gasteiger partial charge in [-0.25, -0.2) is 0 Å². The lowest BCUT2D eigenvalue weighted by Crippen LogP contribution is -2.31. The van der Waals surface area contributed by atoms with Crippen LogP contribution in [0.4, 0.5) is 0 Å². The van der Waals surface area contributed by atoms with Crippen molar-refractivity contribution in [3.8, 4) is 0 Å². The fraction of sp³-hybridized carbons (Fsp3) is 0.455. The second kappa shape index (κ2) is 4.52. The van der Waals surface area contributed by atoms with Crippen LogP contribution in [0.15, 0.2) is 24.3 Å². The summed E-state index contributed by atoms with van der Waals surface area (Å²) in [6.07, 6.45) is 2.29. The van der Waals surface area contributed by atoms with Gasteiger partial charge in [-0.15, -0.1) is 11.6 Å². The first-order valence-electron chi connectivity index (χ1n) is 4.74. The zero-order valence-electron chi connectivity index (χ0n) is 7.75. The maximum atomic E-state index is 5.85. The summed E-state index contributed by atoms with van der Waals surface area (Å²) in [4.78, 5) is 0. The molecule has 14 heavy (non-hydrogen) atoms. The van der Waals surface area contributed by atoms with Gasteiger partial charge in [0.15, 0.2) is 0 Å². The van der Waals surface area contributed by atoms with Gasteiger partial charge in [0.25, 0.3) is 0 Å². The molecule has 0 radical (unpaired) electrons. The van der Waals surface area contributed by atoms with Crippen molar-refractivity contribution in [2.24, 2.45) is 0 Å². The molecule has 1 fully saturated rings. The summed E-state index contributed by atoms with van der Waals surface area (Å²) in [5, 5.41) is 1.08. The molecule has 76 valence electrons. The van der Waals surface area contributed by atoms with Gasteiger partial charge >= 0.3 is 0 Å². The fourth-order valence-corrected chi connectivity index (χ4v) is 2.09. The molecule has 1 aliphatic rings. The number of ether oxygens (including phenoxy) is 1. The SMILES string of the molecule is Clc1cccc(COC2CC(Cl)C2)c1. The third-order valence-corrected chi connectivity index (χ3v) is 3.00. The molecule has 0 aromatic heterocycles. The molecule has 3 heteroatoms. The van der Waals surface area contributed by atoms with Gasteiger partial charge in [-0.2, -0.15) is 0 Å². The Labute approximate surface area is 94.0 Å². The normalized spacial score (nSPS) is 25.9. The van der Waals surface area contributed by atoms with Crippen molar-refractivity contribution < 1.29 is 4.74 Å². The van der Waals surface area contributed by atoms with Crippen LogP contribution in [0.2, 0.25) is 5.02 Å². The van der Waals surface area contributed by atoms with E-state index in [-0.39, 0.29) is 0 Å². The molecule has 0 aliphatic heterocycles. The third kappa shape index (κ3) is 2.63. The van der Waals surface area contributed by atoms with Crippen LogP contribution in [0.5, 0.6) is 0 Å². The third-order valence-electron chi connectivity index (χ3n) is 2.41. The van der Waals surface area contributed by atoms with Gasteiger partial charge in [0.05, 0.1) is 12.7 Å². The van der Waals surface area contributed by atoms with E-state index in [0.29, 0.717) is 18.1 Å². The summed E-state index contributed by atoms with van der Waals surface area (Å²) in [6.45, 7) is 0.634. The zero-order valence-corrected chi connectivity index (χ0v) is 9.26. The Kier molecular flexibility index (Phi) is 3.32. The van der Waals surface area contributed by atoms with E-state index in [1.54, 1.807) is 0 Å². The Balaban J connectivity index is 1.80. The minimum absolute atomic E-state index is 0.319. The van der Waals surface area contributed by atoms with E-state index in [1.165, 1.54) is 0 Å². The summed E-state index contributed by atoms with van der Waals surface area (Å²) in [5.41, 5.74) is 1.12. The quantitative estimate of drug-likeness (QED) is 0.722. The van der Waals surface area contributed by atoms with Crippen molar-refractivity contribution in [3.05, 3.63) is 34.9 Å². The topological polar surface area (TPSA) is 9.23 Å². The van der Waals surface area contributed by atoms with E-state index >= 15 is 0 Å². The molecule has 0 amide bonds. The second-order valence-electron chi connectivity index (χ2n) is 3.63. The predicted octanol–water partition coefficient (Wildman–Crippen LogP) is 3.63. The number of hydrogen-bond donors (Lipinski definition) is 0. The van der Waals surface area contributed by atoms with Gasteiger partial charge in [-0.05, 0) is 30.5 Å². The van der Waals surface area contributed by atoms with Crippen LogP contribution >= 0.6 is 23.2 Å². The molecular weight excluding hydrogens is 219 g/mol. The maximum absolute atomic E-state index is 5.85. The molecule has 1 aromatic rings. The Hall–Kier alpha value is -0.240. The number of benzene rings is 1.